The van der Waals surface area contributed by atoms with Gasteiger partial charge in [0.25, 0.3) is 0 Å². The van der Waals surface area contributed by atoms with Crippen molar-refractivity contribution in [3.8, 4) is 0 Å². The highest BCUT2D eigenvalue weighted by molar-refractivity contribution is 6.85. The smallest absolute Gasteiger partial charge is 0.399 e. The monoisotopic (exact) mass is 303 g/mol. The van der Waals surface area contributed by atoms with Crippen LogP contribution in [-0.4, -0.2) is 18.7 Å². The molecule has 1 aromatic carbocycles. The van der Waals surface area contributed by atoms with Crippen molar-refractivity contribution in [1.29, 1.82) is 0 Å². The van der Waals surface area contributed by atoms with Gasteiger partial charge in [0.1, 0.15) is 18.0 Å². The minimum absolute atomic E-state index is 0.217. The highest BCUT2D eigenvalue weighted by Crippen LogP contribution is 2.13. The van der Waals surface area contributed by atoms with Crippen LogP contribution < -0.4 is 20.8 Å². The fraction of sp³-hybridized carbons (Fsp3) is 0.211. The number of benzene rings is 1. The van der Waals surface area contributed by atoms with Crippen molar-refractivity contribution in [2.45, 2.75) is 13.8 Å². The van der Waals surface area contributed by atoms with Crippen molar-refractivity contribution in [1.82, 2.24) is 4.81 Å². The fourth-order valence-electron chi connectivity index (χ4n) is 3.74. The molecule has 0 bridgehead atoms. The van der Waals surface area contributed by atoms with Gasteiger partial charge in [-0.15, -0.1) is 0 Å². The summed E-state index contributed by atoms with van der Waals surface area (Å²) in [6, 6.07) is 12.7. The highest BCUT2D eigenvalue weighted by Gasteiger charge is 2.34. The average Bonchev–Trinajstić information content (AvgIpc) is 2.87. The molecule has 2 aromatic heterocycles. The molecule has 3 heterocycles. The van der Waals surface area contributed by atoms with Gasteiger partial charge in [-0.25, -0.2) is 4.57 Å². The van der Waals surface area contributed by atoms with Crippen LogP contribution in [0, 0.1) is 6.92 Å². The fourth-order valence-corrected chi connectivity index (χ4v) is 3.74. The zero-order valence-corrected chi connectivity index (χ0v) is 14.0. The van der Waals surface area contributed by atoms with E-state index in [0.717, 1.165) is 11.0 Å². The lowest BCUT2D eigenvalue weighted by atomic mass is 9.50. The summed E-state index contributed by atoms with van der Waals surface area (Å²) in [4.78, 5) is 2.24. The Morgan fingerprint density at radius 1 is 1.09 bits per heavy atom. The molecule has 0 fully saturated rings. The SMILES string of the molecule is CC1=c2c(oc3ccccc23)=CN(C)B1c1ccc(C)c[n+]1C. The third-order valence-electron chi connectivity index (χ3n) is 4.76. The number of furan rings is 1. The Morgan fingerprint density at radius 2 is 1.87 bits per heavy atom. The van der Waals surface area contributed by atoms with Crippen LogP contribution in [0.1, 0.15) is 12.5 Å². The Bertz CT molecular complexity index is 1040. The van der Waals surface area contributed by atoms with Crippen molar-refractivity contribution < 1.29 is 8.98 Å². The summed E-state index contributed by atoms with van der Waals surface area (Å²) in [6.45, 7) is 4.56. The molecule has 0 atom stereocenters. The van der Waals surface area contributed by atoms with Crippen molar-refractivity contribution in [2.75, 3.05) is 7.05 Å². The molecule has 0 spiro atoms. The molecule has 4 rings (SSSR count). The minimum atomic E-state index is 0.217. The first kappa shape index (κ1) is 14.1. The van der Waals surface area contributed by atoms with Gasteiger partial charge in [-0.05, 0) is 39.1 Å². The van der Waals surface area contributed by atoms with Crippen molar-refractivity contribution >= 4 is 35.1 Å². The van der Waals surface area contributed by atoms with E-state index in [9.17, 15) is 0 Å². The summed E-state index contributed by atoms with van der Waals surface area (Å²) in [6.07, 6.45) is 4.30. The van der Waals surface area contributed by atoms with Crippen LogP contribution in [0.5, 0.6) is 0 Å². The van der Waals surface area contributed by atoms with Crippen LogP contribution in [0.25, 0.3) is 22.6 Å². The first-order valence-electron chi connectivity index (χ1n) is 7.94. The molecule has 0 saturated carbocycles. The summed E-state index contributed by atoms with van der Waals surface area (Å²) >= 11 is 0. The Hall–Kier alpha value is -2.49. The van der Waals surface area contributed by atoms with Crippen LogP contribution in [-0.2, 0) is 7.05 Å². The molecule has 23 heavy (non-hydrogen) atoms. The summed E-state index contributed by atoms with van der Waals surface area (Å²) < 4.78 is 8.26. The molecule has 3 aromatic rings. The van der Waals surface area contributed by atoms with Gasteiger partial charge in [0.05, 0.1) is 0 Å². The summed E-state index contributed by atoms with van der Waals surface area (Å²) in [7, 11) is 4.23. The summed E-state index contributed by atoms with van der Waals surface area (Å²) in [5.74, 6) is 0. The van der Waals surface area contributed by atoms with Crippen LogP contribution in [0.3, 0.4) is 0 Å². The van der Waals surface area contributed by atoms with Gasteiger partial charge in [-0.1, -0.05) is 23.7 Å². The molecule has 4 heteroatoms. The Balaban J connectivity index is 2.04. The Kier molecular flexibility index (Phi) is 3.08. The number of aromatic nitrogens is 1. The zero-order chi connectivity index (χ0) is 16.1. The largest absolute Gasteiger partial charge is 0.455 e. The van der Waals surface area contributed by atoms with E-state index < -0.39 is 0 Å². The van der Waals surface area contributed by atoms with Gasteiger partial charge in [0.2, 0.25) is 0 Å². The second-order valence-electron chi connectivity index (χ2n) is 6.46. The van der Waals surface area contributed by atoms with E-state index in [1.165, 1.54) is 27.2 Å². The zero-order valence-electron chi connectivity index (χ0n) is 14.0. The van der Waals surface area contributed by atoms with Crippen molar-refractivity contribution in [2.24, 2.45) is 7.05 Å². The second-order valence-corrected chi connectivity index (χ2v) is 6.46. The van der Waals surface area contributed by atoms with E-state index in [-0.39, 0.29) is 6.85 Å². The third kappa shape index (κ3) is 2.09. The van der Waals surface area contributed by atoms with Gasteiger partial charge < -0.3 is 9.23 Å². The van der Waals surface area contributed by atoms with E-state index in [1.54, 1.807) is 0 Å². The second kappa shape index (κ2) is 5.02. The number of hydrogen-bond donors (Lipinski definition) is 0. The average molecular weight is 303 g/mol. The highest BCUT2D eigenvalue weighted by atomic mass is 16.3. The lowest BCUT2D eigenvalue weighted by Crippen LogP contribution is -2.62. The maximum Gasteiger partial charge on any atom is 0.399 e. The van der Waals surface area contributed by atoms with Gasteiger partial charge in [0.15, 0.2) is 11.8 Å². The van der Waals surface area contributed by atoms with Crippen LogP contribution >= 0.6 is 0 Å². The summed E-state index contributed by atoms with van der Waals surface area (Å²) in [5, 5.41) is 2.44. The molecule has 0 N–H and O–H groups in total. The van der Waals surface area contributed by atoms with Crippen molar-refractivity contribution in [3.05, 3.63) is 58.8 Å². The normalized spacial score (nSPS) is 14.2. The number of hydrogen-bond acceptors (Lipinski definition) is 2. The molecule has 1 aliphatic rings. The minimum Gasteiger partial charge on any atom is -0.455 e. The van der Waals surface area contributed by atoms with Gasteiger partial charge >= 0.3 is 6.85 Å². The van der Waals surface area contributed by atoms with E-state index >= 15 is 0 Å². The number of pyridine rings is 1. The van der Waals surface area contributed by atoms with Gasteiger partial charge in [-0.2, -0.15) is 0 Å². The van der Waals surface area contributed by atoms with Gasteiger partial charge in [-0.3, -0.25) is 0 Å². The predicted molar refractivity (Wildman–Crippen MR) is 94.5 cm³/mol. The maximum atomic E-state index is 6.04. The number of fused-ring (bicyclic) bond motifs is 3. The van der Waals surface area contributed by atoms with E-state index in [1.807, 2.05) is 12.1 Å². The molecule has 114 valence electrons. The van der Waals surface area contributed by atoms with Crippen molar-refractivity contribution in [3.63, 3.8) is 0 Å². The molecule has 1 aliphatic heterocycles. The predicted octanol–water partition coefficient (Wildman–Crippen LogP) is 0.858. The number of para-hydroxylation sites is 1. The van der Waals surface area contributed by atoms with Crippen LogP contribution in [0.4, 0.5) is 0 Å². The standard InChI is InChI=1S/C19H20BN2O/c1-13-9-10-18(21(3)11-13)20-14(2)19-15-7-5-6-8-16(15)23-17(19)12-22(20)4/h5-12H,1-4H3/q+1. The molecular weight excluding hydrogens is 283 g/mol. The molecule has 0 saturated heterocycles. The molecule has 0 radical (unpaired) electrons. The molecular formula is C19H20BN2O+. The number of nitrogens with zero attached hydrogens (tertiary/aromatic N) is 2. The first-order valence-corrected chi connectivity index (χ1v) is 7.94. The topological polar surface area (TPSA) is 20.3 Å². The molecule has 0 unspecified atom stereocenters. The van der Waals surface area contributed by atoms with Crippen LogP contribution in [0.15, 0.2) is 47.0 Å². The molecule has 3 nitrogen and oxygen atoms in total. The quantitative estimate of drug-likeness (QED) is 0.491. The number of aryl methyl sites for hydroxylation is 2. The first-order chi connectivity index (χ1) is 11.1. The Labute approximate surface area is 136 Å². The molecule has 0 amide bonds. The lowest BCUT2D eigenvalue weighted by Gasteiger charge is -2.24. The van der Waals surface area contributed by atoms with Gasteiger partial charge in [0, 0.05) is 22.4 Å². The molecule has 0 aliphatic carbocycles. The number of rotatable bonds is 1. The van der Waals surface area contributed by atoms with E-state index in [2.05, 4.69) is 74.0 Å². The maximum absolute atomic E-state index is 6.04. The van der Waals surface area contributed by atoms with E-state index in [0.29, 0.717) is 0 Å². The third-order valence-corrected chi connectivity index (χ3v) is 4.76. The van der Waals surface area contributed by atoms with E-state index in [4.69, 9.17) is 4.42 Å². The van der Waals surface area contributed by atoms with Crippen LogP contribution in [0.2, 0.25) is 0 Å². The summed E-state index contributed by atoms with van der Waals surface area (Å²) in [5.41, 5.74) is 5.79. The Morgan fingerprint density at radius 3 is 2.65 bits per heavy atom. The lowest BCUT2D eigenvalue weighted by molar-refractivity contribution is -0.654.